The summed E-state index contributed by atoms with van der Waals surface area (Å²) in [6.07, 6.45) is 14.9. The van der Waals surface area contributed by atoms with Gasteiger partial charge in [0.15, 0.2) is 0 Å². The van der Waals surface area contributed by atoms with Crippen molar-refractivity contribution >= 4 is 17.4 Å². The summed E-state index contributed by atoms with van der Waals surface area (Å²) in [7, 11) is 0. The van der Waals surface area contributed by atoms with Crippen LogP contribution in [0.2, 0.25) is 0 Å². The topological polar surface area (TPSA) is 69.4 Å². The van der Waals surface area contributed by atoms with Crippen molar-refractivity contribution in [2.45, 2.75) is 65.9 Å². The largest absolute Gasteiger partial charge is 0.462 e. The van der Waals surface area contributed by atoms with Gasteiger partial charge in [-0.25, -0.2) is 4.39 Å². The Kier molecular flexibility index (Phi) is 8.17. The first kappa shape index (κ1) is 26.4. The number of allylic oxidation sites excluding steroid dienone is 6. The predicted octanol–water partition coefficient (Wildman–Crippen LogP) is 6.72. The van der Waals surface area contributed by atoms with Crippen LogP contribution in [0.5, 0.6) is 0 Å². The zero-order valence-electron chi connectivity index (χ0n) is 22.0. The highest BCUT2D eigenvalue weighted by molar-refractivity contribution is 5.75. The second-order valence-corrected chi connectivity index (χ2v) is 11.4. The van der Waals surface area contributed by atoms with Crippen molar-refractivity contribution in [1.82, 2.24) is 0 Å². The SMILES string of the molecule is CC(N)=O.CC1CC(/C=C/[C@@H]2[C@@H]3CC[C@H](C)C[C@@H]3C[C@@H]3C(=O)O[C@H](C)[C@@H]23)=CC=C1c1cccc(F)c1.[HH]. The number of halogens is 1. The molecule has 5 heteroatoms. The smallest absolute Gasteiger partial charge is 0.309 e. The van der Waals surface area contributed by atoms with Gasteiger partial charge in [0.2, 0.25) is 5.91 Å². The van der Waals surface area contributed by atoms with Gasteiger partial charge in [-0.05, 0) is 91.0 Å². The van der Waals surface area contributed by atoms with Crippen LogP contribution >= 0.6 is 0 Å². The van der Waals surface area contributed by atoms with Gasteiger partial charge < -0.3 is 10.5 Å². The van der Waals surface area contributed by atoms with Crippen molar-refractivity contribution in [2.24, 2.45) is 47.2 Å². The maximum atomic E-state index is 13.7. The number of carbonyl (C=O) groups excluding carboxylic acids is 2. The molecule has 1 heterocycles. The number of amides is 1. The lowest BCUT2D eigenvalue weighted by molar-refractivity contribution is -0.144. The standard InChI is InChI=1S/C29H35FO2.C2H5NO.H2/c1-17-7-10-25-22(13-17)16-27-28(19(3)32-29(27)31)26(25)12-9-20-8-11-24(18(2)14-20)21-5-4-6-23(30)15-21;1-2(3)4;/h4-6,8-9,11-12,15,17-19,22,25-28H,7,10,13-14,16H2,1-3H3;1H3,(H2,3,4);1H/b12-9+;;/t17-,18?,19+,22+,25+,26+,27-,28-;;/m0../s1. The van der Waals surface area contributed by atoms with Crippen molar-refractivity contribution in [2.75, 3.05) is 0 Å². The highest BCUT2D eigenvalue weighted by atomic mass is 19.1. The Bertz CT molecular complexity index is 1080. The highest BCUT2D eigenvalue weighted by Gasteiger charge is 2.54. The molecule has 1 aromatic rings. The zero-order valence-corrected chi connectivity index (χ0v) is 22.0. The quantitative estimate of drug-likeness (QED) is 0.473. The van der Waals surface area contributed by atoms with Crippen molar-refractivity contribution in [3.05, 3.63) is 65.5 Å². The van der Waals surface area contributed by atoms with Crippen LogP contribution in [0, 0.1) is 47.2 Å². The predicted molar refractivity (Wildman–Crippen MR) is 143 cm³/mol. The first-order valence-electron chi connectivity index (χ1n) is 13.5. The molecule has 4 nitrogen and oxygen atoms in total. The summed E-state index contributed by atoms with van der Waals surface area (Å²) >= 11 is 0. The fraction of sp³-hybridized carbons (Fsp3) is 0.548. The summed E-state index contributed by atoms with van der Waals surface area (Å²) in [5, 5.41) is 0. The molecule has 1 saturated heterocycles. The Labute approximate surface area is 216 Å². The molecule has 1 unspecified atom stereocenters. The monoisotopic (exact) mass is 495 g/mol. The van der Waals surface area contributed by atoms with E-state index in [4.69, 9.17) is 4.74 Å². The third-order valence-electron chi connectivity index (χ3n) is 8.65. The van der Waals surface area contributed by atoms with Crippen LogP contribution in [-0.2, 0) is 14.3 Å². The molecule has 1 amide bonds. The van der Waals surface area contributed by atoms with Crippen LogP contribution in [0.1, 0.15) is 66.8 Å². The van der Waals surface area contributed by atoms with E-state index in [1.807, 2.05) is 6.07 Å². The van der Waals surface area contributed by atoms with Gasteiger partial charge >= 0.3 is 5.97 Å². The number of rotatable bonds is 3. The zero-order chi connectivity index (χ0) is 26.0. The molecule has 36 heavy (non-hydrogen) atoms. The Morgan fingerprint density at radius 1 is 1.17 bits per heavy atom. The molecule has 5 rings (SSSR count). The molecule has 0 aromatic heterocycles. The van der Waals surface area contributed by atoms with Crippen LogP contribution in [0.25, 0.3) is 5.57 Å². The van der Waals surface area contributed by atoms with Gasteiger partial charge in [0, 0.05) is 14.3 Å². The van der Waals surface area contributed by atoms with Crippen LogP contribution in [0.4, 0.5) is 4.39 Å². The summed E-state index contributed by atoms with van der Waals surface area (Å²) < 4.78 is 19.4. The van der Waals surface area contributed by atoms with Crippen molar-refractivity contribution in [3.8, 4) is 0 Å². The van der Waals surface area contributed by atoms with Crippen molar-refractivity contribution < 1.29 is 20.1 Å². The number of cyclic esters (lactones) is 1. The van der Waals surface area contributed by atoms with Crippen molar-refractivity contribution in [1.29, 1.82) is 0 Å². The second-order valence-electron chi connectivity index (χ2n) is 11.4. The average Bonchev–Trinajstić information content (AvgIpc) is 3.09. The Morgan fingerprint density at radius 3 is 2.61 bits per heavy atom. The van der Waals surface area contributed by atoms with Gasteiger partial charge in [-0.2, -0.15) is 0 Å². The molecule has 0 bridgehead atoms. The minimum Gasteiger partial charge on any atom is -0.462 e. The van der Waals surface area contributed by atoms with Crippen LogP contribution in [0.3, 0.4) is 0 Å². The minimum atomic E-state index is -0.333. The Balaban J connectivity index is 0.000000711. The first-order valence-corrected chi connectivity index (χ1v) is 13.5. The first-order chi connectivity index (χ1) is 17.1. The van der Waals surface area contributed by atoms with E-state index >= 15 is 0 Å². The second kappa shape index (κ2) is 11.1. The maximum absolute atomic E-state index is 13.7. The molecule has 0 spiro atoms. The van der Waals surface area contributed by atoms with E-state index in [0.717, 1.165) is 24.3 Å². The molecule has 3 aliphatic carbocycles. The van der Waals surface area contributed by atoms with Gasteiger partial charge in [-0.1, -0.05) is 56.7 Å². The molecule has 2 saturated carbocycles. The molecule has 1 aliphatic heterocycles. The van der Waals surface area contributed by atoms with Gasteiger partial charge in [-0.3, -0.25) is 9.59 Å². The highest BCUT2D eigenvalue weighted by Crippen LogP contribution is 2.54. The van der Waals surface area contributed by atoms with E-state index < -0.39 is 0 Å². The summed E-state index contributed by atoms with van der Waals surface area (Å²) in [6.45, 7) is 7.98. The summed E-state index contributed by atoms with van der Waals surface area (Å²) in [5.41, 5.74) is 7.96. The minimum absolute atomic E-state index is 0. The van der Waals surface area contributed by atoms with Crippen LogP contribution in [0.15, 0.2) is 54.1 Å². The molecule has 0 radical (unpaired) electrons. The fourth-order valence-corrected chi connectivity index (χ4v) is 7.15. The van der Waals surface area contributed by atoms with Gasteiger partial charge in [-0.15, -0.1) is 0 Å². The number of hydrogen-bond donors (Lipinski definition) is 1. The maximum Gasteiger partial charge on any atom is 0.309 e. The van der Waals surface area contributed by atoms with E-state index in [2.05, 4.69) is 50.8 Å². The molecule has 2 N–H and O–H groups in total. The number of esters is 1. The summed E-state index contributed by atoms with van der Waals surface area (Å²) in [5.74, 6) is 2.74. The van der Waals surface area contributed by atoms with Crippen LogP contribution < -0.4 is 5.73 Å². The van der Waals surface area contributed by atoms with E-state index in [9.17, 15) is 14.0 Å². The molecule has 1 aromatic carbocycles. The molecule has 8 atom stereocenters. The van der Waals surface area contributed by atoms with Crippen LogP contribution in [-0.4, -0.2) is 18.0 Å². The third-order valence-corrected chi connectivity index (χ3v) is 8.65. The lowest BCUT2D eigenvalue weighted by Crippen LogP contribution is -2.43. The van der Waals surface area contributed by atoms with Gasteiger partial charge in [0.25, 0.3) is 0 Å². The van der Waals surface area contributed by atoms with E-state index in [1.165, 1.54) is 43.4 Å². The number of nitrogens with two attached hydrogens (primary N) is 1. The lowest BCUT2D eigenvalue weighted by Gasteiger charge is -2.47. The number of benzene rings is 1. The normalized spacial score (nSPS) is 35.5. The summed E-state index contributed by atoms with van der Waals surface area (Å²) in [4.78, 5) is 21.8. The average molecular weight is 496 g/mol. The van der Waals surface area contributed by atoms with Crippen molar-refractivity contribution in [3.63, 3.8) is 0 Å². The molecule has 3 fully saturated rings. The molecular weight excluding hydrogens is 453 g/mol. The number of hydrogen-bond acceptors (Lipinski definition) is 3. The number of ether oxygens (including phenoxy) is 1. The van der Waals surface area contributed by atoms with Gasteiger partial charge in [0.05, 0.1) is 5.92 Å². The van der Waals surface area contributed by atoms with E-state index in [0.29, 0.717) is 29.6 Å². The number of carbonyl (C=O) groups is 2. The molecular formula is C31H42FNO3. The third kappa shape index (κ3) is 5.82. The summed E-state index contributed by atoms with van der Waals surface area (Å²) in [6, 6.07) is 6.90. The van der Waals surface area contributed by atoms with Gasteiger partial charge in [0.1, 0.15) is 11.9 Å². The Morgan fingerprint density at radius 2 is 1.92 bits per heavy atom. The number of fused-ring (bicyclic) bond motifs is 2. The number of primary amides is 1. The molecule has 4 aliphatic rings. The van der Waals surface area contributed by atoms with E-state index in [1.54, 1.807) is 12.1 Å². The molecule has 196 valence electrons. The van der Waals surface area contributed by atoms with E-state index in [-0.39, 0.29) is 31.1 Å². The lowest BCUT2D eigenvalue weighted by atomic mass is 9.56. The Hall–Kier alpha value is -2.69. The fourth-order valence-electron chi connectivity index (χ4n) is 7.15.